The van der Waals surface area contributed by atoms with Crippen molar-refractivity contribution in [3.8, 4) is 16.3 Å². The molecule has 2 heterocycles. The van der Waals surface area contributed by atoms with Crippen molar-refractivity contribution < 1.29 is 9.53 Å². The monoisotopic (exact) mass is 358 g/mol. The number of carbonyl (C=O) groups excluding carboxylic acids is 1. The van der Waals surface area contributed by atoms with Crippen molar-refractivity contribution in [1.29, 1.82) is 0 Å². The number of thiazole rings is 1. The van der Waals surface area contributed by atoms with Gasteiger partial charge in [0.15, 0.2) is 5.13 Å². The zero-order chi connectivity index (χ0) is 16.8. The van der Waals surface area contributed by atoms with Gasteiger partial charge in [0, 0.05) is 11.8 Å². The minimum Gasteiger partial charge on any atom is -0.494 e. The first kappa shape index (κ1) is 16.7. The quantitative estimate of drug-likeness (QED) is 0.606. The van der Waals surface area contributed by atoms with Gasteiger partial charge in [-0.05, 0) is 36.9 Å². The zero-order valence-electron chi connectivity index (χ0n) is 13.3. The van der Waals surface area contributed by atoms with Gasteiger partial charge in [-0.2, -0.15) is 0 Å². The van der Waals surface area contributed by atoms with Crippen LogP contribution in [0.1, 0.15) is 18.4 Å². The Bertz CT molecular complexity index is 780. The SMILES string of the molecule is Cc1ccc(OCCCC(=O)Nc2nc(-c3cccs3)cs2)cc1. The fourth-order valence-electron chi connectivity index (χ4n) is 2.11. The van der Waals surface area contributed by atoms with Crippen LogP contribution in [0.25, 0.3) is 10.6 Å². The fourth-order valence-corrected chi connectivity index (χ4v) is 3.60. The highest BCUT2D eigenvalue weighted by atomic mass is 32.1. The molecule has 0 saturated heterocycles. The number of nitrogens with one attached hydrogen (secondary N) is 1. The van der Waals surface area contributed by atoms with E-state index in [0.29, 0.717) is 24.6 Å². The molecule has 0 fully saturated rings. The van der Waals surface area contributed by atoms with Gasteiger partial charge in [0.1, 0.15) is 5.75 Å². The molecule has 1 N–H and O–H groups in total. The minimum atomic E-state index is -0.0328. The van der Waals surface area contributed by atoms with E-state index in [1.165, 1.54) is 16.9 Å². The standard InChI is InChI=1S/C18H18N2O2S2/c1-13-6-8-14(9-7-13)22-10-2-5-17(21)20-18-19-15(12-24-18)16-4-3-11-23-16/h3-4,6-9,11-12H,2,5,10H2,1H3,(H,19,20,21). The number of amides is 1. The smallest absolute Gasteiger partial charge is 0.226 e. The van der Waals surface area contributed by atoms with Crippen LogP contribution in [0, 0.1) is 6.92 Å². The van der Waals surface area contributed by atoms with Gasteiger partial charge in [-0.1, -0.05) is 23.8 Å². The summed E-state index contributed by atoms with van der Waals surface area (Å²) in [6.45, 7) is 2.56. The van der Waals surface area contributed by atoms with Crippen LogP contribution in [-0.2, 0) is 4.79 Å². The predicted molar refractivity (Wildman–Crippen MR) is 100.0 cm³/mol. The Kier molecular flexibility index (Phi) is 5.61. The minimum absolute atomic E-state index is 0.0328. The maximum Gasteiger partial charge on any atom is 0.226 e. The van der Waals surface area contributed by atoms with E-state index in [-0.39, 0.29) is 5.91 Å². The highest BCUT2D eigenvalue weighted by Crippen LogP contribution is 2.28. The second-order valence-electron chi connectivity index (χ2n) is 5.33. The van der Waals surface area contributed by atoms with E-state index in [2.05, 4.69) is 10.3 Å². The number of aromatic nitrogens is 1. The molecule has 6 heteroatoms. The van der Waals surface area contributed by atoms with Gasteiger partial charge < -0.3 is 10.1 Å². The Morgan fingerprint density at radius 1 is 1.21 bits per heavy atom. The average Bonchev–Trinajstić information content (AvgIpc) is 3.24. The van der Waals surface area contributed by atoms with Crippen molar-refractivity contribution in [2.75, 3.05) is 11.9 Å². The van der Waals surface area contributed by atoms with Crippen LogP contribution in [0.5, 0.6) is 5.75 Å². The third-order valence-electron chi connectivity index (χ3n) is 3.36. The first-order chi connectivity index (χ1) is 11.7. The van der Waals surface area contributed by atoms with Gasteiger partial charge in [-0.25, -0.2) is 4.98 Å². The lowest BCUT2D eigenvalue weighted by Crippen LogP contribution is -2.12. The van der Waals surface area contributed by atoms with E-state index in [9.17, 15) is 4.79 Å². The molecule has 2 aromatic heterocycles. The van der Waals surface area contributed by atoms with Crippen molar-refractivity contribution in [1.82, 2.24) is 4.98 Å². The van der Waals surface area contributed by atoms with Crippen molar-refractivity contribution in [3.05, 3.63) is 52.7 Å². The topological polar surface area (TPSA) is 51.2 Å². The molecule has 24 heavy (non-hydrogen) atoms. The summed E-state index contributed by atoms with van der Waals surface area (Å²) in [6, 6.07) is 11.9. The van der Waals surface area contributed by atoms with Gasteiger partial charge in [0.05, 0.1) is 17.2 Å². The molecule has 0 bridgehead atoms. The van der Waals surface area contributed by atoms with Crippen LogP contribution in [0.15, 0.2) is 47.2 Å². The molecule has 0 spiro atoms. The van der Waals surface area contributed by atoms with E-state index in [1.807, 2.05) is 54.1 Å². The number of benzene rings is 1. The lowest BCUT2D eigenvalue weighted by molar-refractivity contribution is -0.116. The summed E-state index contributed by atoms with van der Waals surface area (Å²) in [7, 11) is 0. The van der Waals surface area contributed by atoms with Gasteiger partial charge in [0.2, 0.25) is 5.91 Å². The number of carbonyl (C=O) groups is 1. The number of rotatable bonds is 7. The highest BCUT2D eigenvalue weighted by Gasteiger charge is 2.08. The van der Waals surface area contributed by atoms with Crippen LogP contribution in [0.2, 0.25) is 0 Å². The lowest BCUT2D eigenvalue weighted by atomic mass is 10.2. The third kappa shape index (κ3) is 4.66. The van der Waals surface area contributed by atoms with Crippen LogP contribution in [0.4, 0.5) is 5.13 Å². The molecule has 1 amide bonds. The molecule has 3 rings (SSSR count). The second-order valence-corrected chi connectivity index (χ2v) is 7.13. The Labute approximate surface area is 149 Å². The molecule has 3 aromatic rings. The van der Waals surface area contributed by atoms with Gasteiger partial charge in [-0.15, -0.1) is 22.7 Å². The van der Waals surface area contributed by atoms with E-state index in [0.717, 1.165) is 16.3 Å². The maximum atomic E-state index is 12.0. The molecule has 4 nitrogen and oxygen atoms in total. The number of anilines is 1. The first-order valence-corrected chi connectivity index (χ1v) is 9.45. The molecule has 0 aliphatic carbocycles. The van der Waals surface area contributed by atoms with Crippen molar-refractivity contribution in [2.24, 2.45) is 0 Å². The highest BCUT2D eigenvalue weighted by molar-refractivity contribution is 7.16. The number of hydrogen-bond donors (Lipinski definition) is 1. The predicted octanol–water partition coefficient (Wildman–Crippen LogP) is 4.98. The molecular weight excluding hydrogens is 340 g/mol. The van der Waals surface area contributed by atoms with Crippen molar-refractivity contribution >= 4 is 33.7 Å². The maximum absolute atomic E-state index is 12.0. The number of hydrogen-bond acceptors (Lipinski definition) is 5. The van der Waals surface area contributed by atoms with E-state index >= 15 is 0 Å². The molecule has 0 aliphatic rings. The van der Waals surface area contributed by atoms with Crippen LogP contribution < -0.4 is 10.1 Å². The molecule has 0 radical (unpaired) electrons. The Hall–Kier alpha value is -2.18. The number of nitrogens with zero attached hydrogens (tertiary/aromatic N) is 1. The summed E-state index contributed by atoms with van der Waals surface area (Å²) < 4.78 is 5.62. The van der Waals surface area contributed by atoms with Crippen molar-refractivity contribution in [3.63, 3.8) is 0 Å². The van der Waals surface area contributed by atoms with Gasteiger partial charge in [0.25, 0.3) is 0 Å². The molecular formula is C18H18N2O2S2. The van der Waals surface area contributed by atoms with Crippen molar-refractivity contribution in [2.45, 2.75) is 19.8 Å². The molecule has 0 atom stereocenters. The normalized spacial score (nSPS) is 10.5. The zero-order valence-corrected chi connectivity index (χ0v) is 15.0. The summed E-state index contributed by atoms with van der Waals surface area (Å²) >= 11 is 3.08. The number of thiophene rings is 1. The first-order valence-electron chi connectivity index (χ1n) is 7.69. The Balaban J connectivity index is 1.40. The molecule has 1 aromatic carbocycles. The van der Waals surface area contributed by atoms with E-state index in [4.69, 9.17) is 4.74 Å². The third-order valence-corrected chi connectivity index (χ3v) is 5.01. The molecule has 124 valence electrons. The summed E-state index contributed by atoms with van der Waals surface area (Å²) in [5.41, 5.74) is 2.11. The largest absolute Gasteiger partial charge is 0.494 e. The van der Waals surface area contributed by atoms with Crippen LogP contribution in [-0.4, -0.2) is 17.5 Å². The van der Waals surface area contributed by atoms with Gasteiger partial charge in [-0.3, -0.25) is 4.79 Å². The lowest BCUT2D eigenvalue weighted by Gasteiger charge is -2.06. The second kappa shape index (κ2) is 8.08. The number of ether oxygens (including phenoxy) is 1. The Morgan fingerprint density at radius 3 is 2.79 bits per heavy atom. The van der Waals surface area contributed by atoms with Crippen LogP contribution in [0.3, 0.4) is 0 Å². The number of aryl methyl sites for hydroxylation is 1. The van der Waals surface area contributed by atoms with Crippen LogP contribution >= 0.6 is 22.7 Å². The van der Waals surface area contributed by atoms with Gasteiger partial charge >= 0.3 is 0 Å². The molecule has 0 saturated carbocycles. The average molecular weight is 358 g/mol. The summed E-state index contributed by atoms with van der Waals surface area (Å²) in [6.07, 6.45) is 1.09. The Morgan fingerprint density at radius 2 is 2.04 bits per heavy atom. The summed E-state index contributed by atoms with van der Waals surface area (Å²) in [5.74, 6) is 0.802. The molecule has 0 aliphatic heterocycles. The fraction of sp³-hybridized carbons (Fsp3) is 0.222. The summed E-state index contributed by atoms with van der Waals surface area (Å²) in [5, 5.41) is 7.46. The summed E-state index contributed by atoms with van der Waals surface area (Å²) in [4.78, 5) is 17.5. The molecule has 0 unspecified atom stereocenters. The van der Waals surface area contributed by atoms with E-state index in [1.54, 1.807) is 11.3 Å². The van der Waals surface area contributed by atoms with E-state index < -0.39 is 0 Å².